The number of rotatable bonds is 3. The molecule has 0 aliphatic rings. The normalized spacial score (nSPS) is 12.7. The van der Waals surface area contributed by atoms with Gasteiger partial charge in [0.15, 0.2) is 0 Å². The summed E-state index contributed by atoms with van der Waals surface area (Å²) >= 11 is 12.9. The van der Waals surface area contributed by atoms with Crippen LogP contribution in [-0.2, 0) is 7.05 Å². The fourth-order valence-corrected chi connectivity index (χ4v) is 2.86. The van der Waals surface area contributed by atoms with Gasteiger partial charge in [0, 0.05) is 11.5 Å². The molecule has 0 radical (unpaired) electrons. The predicted octanol–water partition coefficient (Wildman–Crippen LogP) is 3.15. The Hall–Kier alpha value is -0.400. The first-order valence-corrected chi connectivity index (χ1v) is 7.09. The van der Waals surface area contributed by atoms with Crippen molar-refractivity contribution in [1.29, 1.82) is 0 Å². The first-order chi connectivity index (χ1) is 8.54. The molecule has 1 heterocycles. The van der Waals surface area contributed by atoms with Gasteiger partial charge in [-0.15, -0.1) is 0 Å². The van der Waals surface area contributed by atoms with E-state index in [2.05, 4.69) is 42.4 Å². The first-order valence-electron chi connectivity index (χ1n) is 5.13. The molecule has 4 nitrogen and oxygen atoms in total. The molecule has 1 unspecified atom stereocenters. The van der Waals surface area contributed by atoms with Crippen LogP contribution in [0.15, 0.2) is 33.3 Å². The van der Waals surface area contributed by atoms with Gasteiger partial charge in [0.2, 0.25) is 0 Å². The third-order valence-corrected chi connectivity index (χ3v) is 4.48. The molecule has 0 saturated heterocycles. The maximum absolute atomic E-state index is 5.99. The third-order valence-electron chi connectivity index (χ3n) is 2.65. The van der Waals surface area contributed by atoms with Crippen molar-refractivity contribution in [3.05, 3.63) is 49.6 Å². The van der Waals surface area contributed by atoms with E-state index in [1.54, 1.807) is 10.9 Å². The Morgan fingerprint density at radius 3 is 2.61 bits per heavy atom. The van der Waals surface area contributed by atoms with E-state index in [0.29, 0.717) is 5.02 Å². The maximum Gasteiger partial charge on any atom is 0.0890 e. The molecule has 96 valence electrons. The zero-order valence-corrected chi connectivity index (χ0v) is 13.4. The lowest BCUT2D eigenvalue weighted by molar-refractivity contribution is 0.573. The van der Waals surface area contributed by atoms with Gasteiger partial charge in [-0.1, -0.05) is 17.7 Å². The van der Waals surface area contributed by atoms with Crippen molar-refractivity contribution in [3.8, 4) is 0 Å². The van der Waals surface area contributed by atoms with Crippen LogP contribution in [0.2, 0.25) is 5.02 Å². The van der Waals surface area contributed by atoms with E-state index in [1.165, 1.54) is 0 Å². The summed E-state index contributed by atoms with van der Waals surface area (Å²) in [7, 11) is 1.87. The van der Waals surface area contributed by atoms with Crippen LogP contribution in [0.5, 0.6) is 0 Å². The number of aryl methyl sites for hydroxylation is 1. The van der Waals surface area contributed by atoms with Crippen LogP contribution in [0.4, 0.5) is 0 Å². The van der Waals surface area contributed by atoms with Gasteiger partial charge < -0.3 is 0 Å². The van der Waals surface area contributed by atoms with E-state index < -0.39 is 0 Å². The second-order valence-corrected chi connectivity index (χ2v) is 5.89. The van der Waals surface area contributed by atoms with Crippen molar-refractivity contribution in [2.75, 3.05) is 0 Å². The summed E-state index contributed by atoms with van der Waals surface area (Å²) in [6, 6.07) is 5.53. The maximum atomic E-state index is 5.99. The van der Waals surface area contributed by atoms with Crippen LogP contribution in [0, 0.1) is 0 Å². The Kier molecular flexibility index (Phi) is 4.45. The number of hydrazine groups is 1. The van der Waals surface area contributed by atoms with Crippen LogP contribution in [0.1, 0.15) is 17.3 Å². The molecule has 2 aromatic rings. The van der Waals surface area contributed by atoms with Crippen molar-refractivity contribution < 1.29 is 0 Å². The molecule has 0 aliphatic carbocycles. The lowest BCUT2D eigenvalue weighted by atomic mass is 10.0. The van der Waals surface area contributed by atoms with Crippen molar-refractivity contribution >= 4 is 43.5 Å². The molecule has 0 spiro atoms. The van der Waals surface area contributed by atoms with Crippen LogP contribution in [-0.4, -0.2) is 9.78 Å². The number of aromatic nitrogens is 2. The SMILES string of the molecule is Cn1ncc(Br)c1C(NN)c1ccc(Cl)c(Br)c1. The predicted molar refractivity (Wildman–Crippen MR) is 79.2 cm³/mol. The van der Waals surface area contributed by atoms with Crippen molar-refractivity contribution in [1.82, 2.24) is 15.2 Å². The molecule has 3 N–H and O–H groups in total. The largest absolute Gasteiger partial charge is 0.271 e. The Morgan fingerprint density at radius 2 is 2.11 bits per heavy atom. The summed E-state index contributed by atoms with van der Waals surface area (Å²) in [6.45, 7) is 0. The molecule has 1 aromatic carbocycles. The number of nitrogens with two attached hydrogens (primary N) is 1. The van der Waals surface area contributed by atoms with E-state index in [9.17, 15) is 0 Å². The highest BCUT2D eigenvalue weighted by Crippen LogP contribution is 2.31. The average molecular weight is 394 g/mol. The summed E-state index contributed by atoms with van der Waals surface area (Å²) in [5.41, 5.74) is 4.74. The highest BCUT2D eigenvalue weighted by molar-refractivity contribution is 9.10. The van der Waals surface area contributed by atoms with Crippen LogP contribution in [0.3, 0.4) is 0 Å². The molecule has 7 heteroatoms. The second-order valence-electron chi connectivity index (χ2n) is 3.77. The molecular weight excluding hydrogens is 383 g/mol. The highest BCUT2D eigenvalue weighted by atomic mass is 79.9. The molecule has 1 atom stereocenters. The number of nitrogens with one attached hydrogen (secondary N) is 1. The summed E-state index contributed by atoms with van der Waals surface area (Å²) in [4.78, 5) is 0. The summed E-state index contributed by atoms with van der Waals surface area (Å²) in [5, 5.41) is 4.85. The number of hydrogen-bond donors (Lipinski definition) is 2. The zero-order chi connectivity index (χ0) is 13.3. The molecule has 2 rings (SSSR count). The molecule has 18 heavy (non-hydrogen) atoms. The molecule has 0 bridgehead atoms. The number of hydrogen-bond acceptors (Lipinski definition) is 3. The van der Waals surface area contributed by atoms with Crippen LogP contribution >= 0.6 is 43.5 Å². The molecular formula is C11H11Br2ClN4. The fraction of sp³-hybridized carbons (Fsp3) is 0.182. The van der Waals surface area contributed by atoms with E-state index >= 15 is 0 Å². The van der Waals surface area contributed by atoms with E-state index in [4.69, 9.17) is 17.4 Å². The molecule has 0 amide bonds. The van der Waals surface area contributed by atoms with Gasteiger partial charge in [-0.05, 0) is 49.6 Å². The van der Waals surface area contributed by atoms with Crippen LogP contribution < -0.4 is 11.3 Å². The van der Waals surface area contributed by atoms with Crippen molar-refractivity contribution in [2.24, 2.45) is 12.9 Å². The number of nitrogens with zero attached hydrogens (tertiary/aromatic N) is 2. The minimum Gasteiger partial charge on any atom is -0.271 e. The Morgan fingerprint density at radius 1 is 1.39 bits per heavy atom. The average Bonchev–Trinajstić information content (AvgIpc) is 2.66. The second kappa shape index (κ2) is 5.71. The van der Waals surface area contributed by atoms with Gasteiger partial charge in [-0.2, -0.15) is 5.10 Å². The lowest BCUT2D eigenvalue weighted by Gasteiger charge is -2.18. The third kappa shape index (κ3) is 2.62. The van der Waals surface area contributed by atoms with Gasteiger partial charge in [0.05, 0.1) is 27.4 Å². The minimum atomic E-state index is -0.166. The Balaban J connectivity index is 2.48. The van der Waals surface area contributed by atoms with Crippen molar-refractivity contribution in [2.45, 2.75) is 6.04 Å². The molecule has 0 fully saturated rings. The van der Waals surface area contributed by atoms with Gasteiger partial charge in [-0.3, -0.25) is 10.5 Å². The lowest BCUT2D eigenvalue weighted by Crippen LogP contribution is -2.30. The minimum absolute atomic E-state index is 0.166. The monoisotopic (exact) mass is 392 g/mol. The van der Waals surface area contributed by atoms with E-state index in [-0.39, 0.29) is 6.04 Å². The summed E-state index contributed by atoms with van der Waals surface area (Å²) in [5.74, 6) is 5.66. The molecule has 0 aliphatic heterocycles. The smallest absolute Gasteiger partial charge is 0.0890 e. The van der Waals surface area contributed by atoms with E-state index in [1.807, 2.05) is 25.2 Å². The number of halogens is 3. The zero-order valence-electron chi connectivity index (χ0n) is 9.49. The standard InChI is InChI=1S/C11H11Br2ClN4/c1-18-11(8(13)5-16-18)10(17-15)6-2-3-9(14)7(12)4-6/h2-5,10,17H,15H2,1H3. The van der Waals surface area contributed by atoms with Gasteiger partial charge in [0.25, 0.3) is 0 Å². The van der Waals surface area contributed by atoms with Gasteiger partial charge >= 0.3 is 0 Å². The topological polar surface area (TPSA) is 55.9 Å². The van der Waals surface area contributed by atoms with E-state index in [0.717, 1.165) is 20.2 Å². The molecule has 1 aromatic heterocycles. The first kappa shape index (κ1) is 14.0. The van der Waals surface area contributed by atoms with Gasteiger partial charge in [-0.25, -0.2) is 5.43 Å². The van der Waals surface area contributed by atoms with Crippen LogP contribution in [0.25, 0.3) is 0 Å². The highest BCUT2D eigenvalue weighted by Gasteiger charge is 2.20. The molecule has 0 saturated carbocycles. The van der Waals surface area contributed by atoms with Crippen molar-refractivity contribution in [3.63, 3.8) is 0 Å². The Labute approximate surface area is 127 Å². The summed E-state index contributed by atoms with van der Waals surface area (Å²) < 4.78 is 3.51. The Bertz CT molecular complexity index is 551. The number of benzene rings is 1. The summed E-state index contributed by atoms with van der Waals surface area (Å²) in [6.07, 6.45) is 1.74. The van der Waals surface area contributed by atoms with Gasteiger partial charge in [0.1, 0.15) is 0 Å². The quantitative estimate of drug-likeness (QED) is 0.621. The fourth-order valence-electron chi connectivity index (χ4n) is 1.77.